The lowest BCUT2D eigenvalue weighted by Gasteiger charge is -2.14. The fraction of sp³-hybridized carbons (Fsp3) is 0.200. The molecule has 0 spiro atoms. The van der Waals surface area contributed by atoms with Crippen molar-refractivity contribution in [1.29, 1.82) is 0 Å². The predicted molar refractivity (Wildman–Crippen MR) is 57.1 cm³/mol. The van der Waals surface area contributed by atoms with Crippen molar-refractivity contribution in [2.24, 2.45) is 5.73 Å². The third kappa shape index (κ3) is 3.25. The van der Waals surface area contributed by atoms with E-state index >= 15 is 0 Å². The summed E-state index contributed by atoms with van der Waals surface area (Å²) < 4.78 is 0. The van der Waals surface area contributed by atoms with E-state index in [1.54, 1.807) is 24.3 Å². The Labute approximate surface area is 92.6 Å². The van der Waals surface area contributed by atoms with E-state index in [4.69, 9.17) is 17.3 Å². The molecule has 0 heterocycles. The van der Waals surface area contributed by atoms with E-state index in [0.717, 1.165) is 5.56 Å². The molecule has 0 aliphatic rings. The summed E-state index contributed by atoms with van der Waals surface area (Å²) in [5.74, 6) is -1.66. The Balaban J connectivity index is 2.66. The number of benzene rings is 1. The second-order valence-electron chi connectivity index (χ2n) is 3.15. The lowest BCUT2D eigenvalue weighted by atomic mass is 10.2. The molecule has 1 aromatic carbocycles. The van der Waals surface area contributed by atoms with Crippen molar-refractivity contribution in [3.8, 4) is 0 Å². The highest BCUT2D eigenvalue weighted by Gasteiger charge is 2.14. The van der Waals surface area contributed by atoms with Crippen molar-refractivity contribution in [2.75, 3.05) is 7.05 Å². The van der Waals surface area contributed by atoms with Gasteiger partial charge in [-0.3, -0.25) is 9.59 Å². The highest BCUT2D eigenvalue weighted by Crippen LogP contribution is 2.10. The first-order valence-corrected chi connectivity index (χ1v) is 4.68. The standard InChI is InChI=1S/C10H11ClN2O2/c1-13(10(15)9(12)14)6-7-2-4-8(11)5-3-7/h2-5H,6H2,1H3,(H2,12,14). The summed E-state index contributed by atoms with van der Waals surface area (Å²) in [5, 5.41) is 0.627. The van der Waals surface area contributed by atoms with Gasteiger partial charge in [-0.05, 0) is 17.7 Å². The van der Waals surface area contributed by atoms with Crippen LogP contribution in [0.25, 0.3) is 0 Å². The molecular formula is C10H11ClN2O2. The van der Waals surface area contributed by atoms with Crippen LogP contribution in [0.1, 0.15) is 5.56 Å². The van der Waals surface area contributed by atoms with Crippen LogP contribution < -0.4 is 5.73 Å². The molecule has 0 aliphatic heterocycles. The Hall–Kier alpha value is -1.55. The molecule has 2 N–H and O–H groups in total. The molecule has 15 heavy (non-hydrogen) atoms. The molecule has 1 rings (SSSR count). The number of halogens is 1. The van der Waals surface area contributed by atoms with Crippen LogP contribution in [0.3, 0.4) is 0 Å². The summed E-state index contributed by atoms with van der Waals surface area (Å²) in [4.78, 5) is 23.0. The van der Waals surface area contributed by atoms with Crippen molar-refractivity contribution >= 4 is 23.4 Å². The van der Waals surface area contributed by atoms with Gasteiger partial charge >= 0.3 is 11.8 Å². The van der Waals surface area contributed by atoms with Gasteiger partial charge in [0.25, 0.3) is 0 Å². The zero-order chi connectivity index (χ0) is 11.4. The predicted octanol–water partition coefficient (Wildman–Crippen LogP) is 0.784. The smallest absolute Gasteiger partial charge is 0.311 e. The Morgan fingerprint density at radius 2 is 1.87 bits per heavy atom. The van der Waals surface area contributed by atoms with Gasteiger partial charge in [-0.15, -0.1) is 0 Å². The lowest BCUT2D eigenvalue weighted by molar-refractivity contribution is -0.143. The molecule has 0 aliphatic carbocycles. The largest absolute Gasteiger partial charge is 0.361 e. The minimum Gasteiger partial charge on any atom is -0.361 e. The number of carbonyl (C=O) groups excluding carboxylic acids is 2. The fourth-order valence-corrected chi connectivity index (χ4v) is 1.25. The first-order chi connectivity index (χ1) is 7.00. The average Bonchev–Trinajstić information content (AvgIpc) is 2.20. The number of hydrogen-bond donors (Lipinski definition) is 1. The second kappa shape index (κ2) is 4.79. The van der Waals surface area contributed by atoms with Gasteiger partial charge in [0.05, 0.1) is 0 Å². The monoisotopic (exact) mass is 226 g/mol. The number of rotatable bonds is 2. The summed E-state index contributed by atoms with van der Waals surface area (Å²) in [5.41, 5.74) is 5.75. The molecule has 0 radical (unpaired) electrons. The topological polar surface area (TPSA) is 63.4 Å². The zero-order valence-electron chi connectivity index (χ0n) is 8.24. The number of primary amides is 1. The van der Waals surface area contributed by atoms with E-state index in [-0.39, 0.29) is 0 Å². The van der Waals surface area contributed by atoms with Crippen molar-refractivity contribution < 1.29 is 9.59 Å². The fourth-order valence-electron chi connectivity index (χ4n) is 1.12. The highest BCUT2D eigenvalue weighted by molar-refractivity contribution is 6.34. The van der Waals surface area contributed by atoms with Crippen LogP contribution in [0.2, 0.25) is 5.02 Å². The van der Waals surface area contributed by atoms with Crippen LogP contribution in [-0.4, -0.2) is 23.8 Å². The van der Waals surface area contributed by atoms with Crippen LogP contribution in [0, 0.1) is 0 Å². The van der Waals surface area contributed by atoms with Gasteiger partial charge in [-0.2, -0.15) is 0 Å². The zero-order valence-corrected chi connectivity index (χ0v) is 8.99. The molecule has 0 saturated carbocycles. The molecular weight excluding hydrogens is 216 g/mol. The van der Waals surface area contributed by atoms with Gasteiger partial charge in [0.15, 0.2) is 0 Å². The Morgan fingerprint density at radius 1 is 1.33 bits per heavy atom. The minimum atomic E-state index is -0.952. The van der Waals surface area contributed by atoms with Gasteiger partial charge < -0.3 is 10.6 Å². The maximum Gasteiger partial charge on any atom is 0.311 e. The van der Waals surface area contributed by atoms with Crippen molar-refractivity contribution in [3.63, 3.8) is 0 Å². The maximum atomic E-state index is 11.1. The minimum absolute atomic E-state index is 0.332. The molecule has 0 fully saturated rings. The first kappa shape index (κ1) is 11.5. The number of nitrogens with two attached hydrogens (primary N) is 1. The highest BCUT2D eigenvalue weighted by atomic mass is 35.5. The molecule has 0 aromatic heterocycles. The van der Waals surface area contributed by atoms with Gasteiger partial charge in [0, 0.05) is 18.6 Å². The second-order valence-corrected chi connectivity index (χ2v) is 3.59. The van der Waals surface area contributed by atoms with E-state index in [9.17, 15) is 9.59 Å². The summed E-state index contributed by atoms with van der Waals surface area (Å²) in [7, 11) is 1.52. The normalized spacial score (nSPS) is 9.73. The maximum absolute atomic E-state index is 11.1. The van der Waals surface area contributed by atoms with Gasteiger partial charge in [0.1, 0.15) is 0 Å². The first-order valence-electron chi connectivity index (χ1n) is 4.30. The molecule has 0 unspecified atom stereocenters. The van der Waals surface area contributed by atoms with Crippen LogP contribution in [0.15, 0.2) is 24.3 Å². The van der Waals surface area contributed by atoms with E-state index in [2.05, 4.69) is 0 Å². The summed E-state index contributed by atoms with van der Waals surface area (Å²) in [6.45, 7) is 0.332. The summed E-state index contributed by atoms with van der Waals surface area (Å²) in [6.07, 6.45) is 0. The van der Waals surface area contributed by atoms with E-state index in [0.29, 0.717) is 11.6 Å². The Morgan fingerprint density at radius 3 is 2.33 bits per heavy atom. The molecule has 1 aromatic rings. The van der Waals surface area contributed by atoms with Gasteiger partial charge in [-0.1, -0.05) is 23.7 Å². The SMILES string of the molecule is CN(Cc1ccc(Cl)cc1)C(=O)C(N)=O. The van der Waals surface area contributed by atoms with Crippen molar-refractivity contribution in [3.05, 3.63) is 34.9 Å². The van der Waals surface area contributed by atoms with Gasteiger partial charge in [0.2, 0.25) is 0 Å². The molecule has 4 nitrogen and oxygen atoms in total. The molecule has 0 bridgehead atoms. The van der Waals surface area contributed by atoms with Crippen LogP contribution in [0.4, 0.5) is 0 Å². The average molecular weight is 227 g/mol. The number of nitrogens with zero attached hydrogens (tertiary/aromatic N) is 1. The lowest BCUT2D eigenvalue weighted by Crippen LogP contribution is -2.37. The van der Waals surface area contributed by atoms with Crippen molar-refractivity contribution in [1.82, 2.24) is 4.90 Å². The van der Waals surface area contributed by atoms with E-state index < -0.39 is 11.8 Å². The van der Waals surface area contributed by atoms with E-state index in [1.807, 2.05) is 0 Å². The summed E-state index contributed by atoms with van der Waals surface area (Å²) >= 11 is 5.71. The van der Waals surface area contributed by atoms with Crippen LogP contribution in [-0.2, 0) is 16.1 Å². The summed E-state index contributed by atoms with van der Waals surface area (Å²) in [6, 6.07) is 7.01. The third-order valence-electron chi connectivity index (χ3n) is 1.89. The molecule has 80 valence electrons. The quantitative estimate of drug-likeness (QED) is 0.758. The van der Waals surface area contributed by atoms with Crippen molar-refractivity contribution in [2.45, 2.75) is 6.54 Å². The number of amides is 2. The third-order valence-corrected chi connectivity index (χ3v) is 2.14. The molecule has 2 amide bonds. The molecule has 0 saturated heterocycles. The molecule has 0 atom stereocenters. The van der Waals surface area contributed by atoms with Crippen LogP contribution in [0.5, 0.6) is 0 Å². The number of carbonyl (C=O) groups is 2. The van der Waals surface area contributed by atoms with Gasteiger partial charge in [-0.25, -0.2) is 0 Å². The Kier molecular flexibility index (Phi) is 3.68. The number of likely N-dealkylation sites (N-methyl/N-ethyl adjacent to an activating group) is 1. The van der Waals surface area contributed by atoms with E-state index in [1.165, 1.54) is 11.9 Å². The number of hydrogen-bond acceptors (Lipinski definition) is 2. The molecule has 5 heteroatoms. The van der Waals surface area contributed by atoms with Crippen LogP contribution >= 0.6 is 11.6 Å². The Bertz CT molecular complexity index is 376.